The molecule has 0 unspecified atom stereocenters. The number of nitrogens with zero attached hydrogens (tertiary/aromatic N) is 2. The monoisotopic (exact) mass is 212 g/mol. The van der Waals surface area contributed by atoms with Crippen molar-refractivity contribution in [1.29, 1.82) is 0 Å². The molecular weight excluding hydrogens is 192 g/mol. The number of thiazole rings is 1. The van der Waals surface area contributed by atoms with Crippen LogP contribution in [-0.4, -0.2) is 9.38 Å². The highest BCUT2D eigenvalue weighted by Crippen LogP contribution is 2.06. The number of rotatable bonds is 0. The molecule has 0 amide bonds. The Morgan fingerprint density at radius 2 is 1.79 bits per heavy atom. The maximum atomic E-state index is 4.06. The van der Waals surface area contributed by atoms with E-state index in [4.69, 9.17) is 0 Å². The Bertz CT molecular complexity index is 268. The number of fused-ring (bicyclic) bond motifs is 1. The summed E-state index contributed by atoms with van der Waals surface area (Å²) in [6.07, 6.45) is 5.73. The molecule has 0 N–H and O–H groups in total. The van der Waals surface area contributed by atoms with Gasteiger partial charge in [-0.1, -0.05) is 34.6 Å². The average Bonchev–Trinajstić information content (AvgIpc) is 2.66. The first-order valence-corrected chi connectivity index (χ1v) is 5.94. The molecule has 0 radical (unpaired) electrons. The van der Waals surface area contributed by atoms with Crippen LogP contribution in [0.3, 0.4) is 0 Å². The van der Waals surface area contributed by atoms with E-state index in [0.29, 0.717) is 0 Å². The Balaban J connectivity index is 0.000000245. The van der Waals surface area contributed by atoms with Crippen LogP contribution in [0.2, 0.25) is 0 Å². The minimum absolute atomic E-state index is 0.833. The van der Waals surface area contributed by atoms with Crippen LogP contribution in [0.25, 0.3) is 4.96 Å². The predicted molar refractivity (Wildman–Crippen MR) is 64.9 cm³/mol. The van der Waals surface area contributed by atoms with E-state index >= 15 is 0 Å². The molecule has 0 bridgehead atoms. The molecule has 0 aliphatic rings. The number of aromatic nitrogens is 2. The van der Waals surface area contributed by atoms with Gasteiger partial charge in [-0.15, -0.1) is 11.3 Å². The Kier molecular flexibility index (Phi) is 7.11. The Morgan fingerprint density at radius 3 is 2.29 bits per heavy atom. The van der Waals surface area contributed by atoms with Crippen LogP contribution >= 0.6 is 11.3 Å². The van der Waals surface area contributed by atoms with Crippen LogP contribution in [0.5, 0.6) is 0 Å². The second-order valence-electron chi connectivity index (χ2n) is 3.25. The van der Waals surface area contributed by atoms with Gasteiger partial charge in [0, 0.05) is 24.0 Å². The fourth-order valence-corrected chi connectivity index (χ4v) is 1.34. The van der Waals surface area contributed by atoms with E-state index in [1.54, 1.807) is 17.5 Å². The molecule has 2 rings (SSSR count). The molecule has 14 heavy (non-hydrogen) atoms. The van der Waals surface area contributed by atoms with Gasteiger partial charge >= 0.3 is 0 Å². The largest absolute Gasteiger partial charge is 0.298 e. The summed E-state index contributed by atoms with van der Waals surface area (Å²) >= 11 is 1.65. The maximum absolute atomic E-state index is 4.06. The van der Waals surface area contributed by atoms with Crippen molar-refractivity contribution in [3.63, 3.8) is 0 Å². The predicted octanol–water partition coefficient (Wildman–Crippen LogP) is 4.08. The van der Waals surface area contributed by atoms with E-state index < -0.39 is 0 Å². The summed E-state index contributed by atoms with van der Waals surface area (Å²) < 4.78 is 1.99. The summed E-state index contributed by atoms with van der Waals surface area (Å²) in [5.41, 5.74) is 0. The van der Waals surface area contributed by atoms with Gasteiger partial charge in [0.1, 0.15) is 0 Å². The molecule has 2 aromatic heterocycles. The maximum Gasteiger partial charge on any atom is 0.193 e. The second kappa shape index (κ2) is 7.56. The molecule has 0 saturated heterocycles. The zero-order valence-electron chi connectivity index (χ0n) is 9.69. The van der Waals surface area contributed by atoms with Gasteiger partial charge in [-0.05, 0) is 5.92 Å². The summed E-state index contributed by atoms with van der Waals surface area (Å²) in [5, 5.41) is 2.02. The first-order valence-electron chi connectivity index (χ1n) is 5.06. The Morgan fingerprint density at radius 1 is 1.21 bits per heavy atom. The van der Waals surface area contributed by atoms with Crippen molar-refractivity contribution in [2.24, 2.45) is 5.92 Å². The van der Waals surface area contributed by atoms with Crippen molar-refractivity contribution in [1.82, 2.24) is 9.38 Å². The van der Waals surface area contributed by atoms with Crippen molar-refractivity contribution >= 4 is 16.3 Å². The molecule has 2 heterocycles. The molecule has 0 aliphatic heterocycles. The van der Waals surface area contributed by atoms with Gasteiger partial charge in [-0.2, -0.15) is 0 Å². The third-order valence-electron chi connectivity index (χ3n) is 1.03. The van der Waals surface area contributed by atoms with E-state index in [1.807, 2.05) is 36.0 Å². The third kappa shape index (κ3) is 5.02. The smallest absolute Gasteiger partial charge is 0.193 e. The first-order chi connectivity index (χ1) is 6.70. The molecule has 0 saturated carbocycles. The lowest BCUT2D eigenvalue weighted by molar-refractivity contribution is 0.737. The van der Waals surface area contributed by atoms with Gasteiger partial charge in [-0.3, -0.25) is 4.40 Å². The van der Waals surface area contributed by atoms with Crippen LogP contribution < -0.4 is 0 Å². The normalized spacial score (nSPS) is 9.00. The molecule has 0 fully saturated rings. The van der Waals surface area contributed by atoms with Crippen LogP contribution in [0.4, 0.5) is 0 Å². The minimum Gasteiger partial charge on any atom is -0.298 e. The van der Waals surface area contributed by atoms with Gasteiger partial charge in [0.15, 0.2) is 4.96 Å². The molecule has 2 nitrogen and oxygen atoms in total. The molecule has 2 aromatic rings. The zero-order chi connectivity index (χ0) is 11.0. The number of hydrogen-bond acceptors (Lipinski definition) is 2. The first kappa shape index (κ1) is 13.2. The van der Waals surface area contributed by atoms with E-state index in [2.05, 4.69) is 25.8 Å². The van der Waals surface area contributed by atoms with Crippen molar-refractivity contribution in [2.75, 3.05) is 0 Å². The lowest BCUT2D eigenvalue weighted by Gasteiger charge is -1.79. The summed E-state index contributed by atoms with van der Waals surface area (Å²) in [5.74, 6) is 0.833. The number of imidazole rings is 1. The van der Waals surface area contributed by atoms with E-state index in [9.17, 15) is 0 Å². The summed E-state index contributed by atoms with van der Waals surface area (Å²) in [4.78, 5) is 5.12. The summed E-state index contributed by atoms with van der Waals surface area (Å²) in [6, 6.07) is 0. The highest BCUT2D eigenvalue weighted by Gasteiger charge is 1.88. The quantitative estimate of drug-likeness (QED) is 0.643. The van der Waals surface area contributed by atoms with E-state index in [0.717, 1.165) is 10.9 Å². The summed E-state index contributed by atoms with van der Waals surface area (Å²) in [6.45, 7) is 10.5. The van der Waals surface area contributed by atoms with Crippen molar-refractivity contribution in [3.8, 4) is 0 Å². The standard InChI is InChI=1S/C5H4N2S.C4H10.C2H6/c1-2-7-3-4-8-5(7)6-1;1-4(2)3;1-2/h1-4H;4H,1-3H3;1-2H3. The van der Waals surface area contributed by atoms with Gasteiger partial charge in [0.25, 0.3) is 0 Å². The molecule has 0 atom stereocenters. The van der Waals surface area contributed by atoms with Crippen molar-refractivity contribution in [2.45, 2.75) is 34.6 Å². The van der Waals surface area contributed by atoms with E-state index in [1.165, 1.54) is 0 Å². The topological polar surface area (TPSA) is 17.3 Å². The molecule has 3 heteroatoms. The Hall–Kier alpha value is -0.830. The Labute approximate surface area is 90.6 Å². The lowest BCUT2D eigenvalue weighted by atomic mass is 10.3. The van der Waals surface area contributed by atoms with Gasteiger partial charge in [0.05, 0.1) is 0 Å². The zero-order valence-corrected chi connectivity index (χ0v) is 10.5. The highest BCUT2D eigenvalue weighted by molar-refractivity contribution is 7.15. The fraction of sp³-hybridized carbons (Fsp3) is 0.545. The van der Waals surface area contributed by atoms with Gasteiger partial charge < -0.3 is 0 Å². The molecule has 0 spiro atoms. The fourth-order valence-electron chi connectivity index (χ4n) is 0.661. The van der Waals surface area contributed by atoms with Crippen LogP contribution in [0, 0.1) is 5.92 Å². The van der Waals surface area contributed by atoms with Crippen LogP contribution in [0.15, 0.2) is 24.0 Å². The molecule has 0 aromatic carbocycles. The van der Waals surface area contributed by atoms with Crippen LogP contribution in [-0.2, 0) is 0 Å². The van der Waals surface area contributed by atoms with Gasteiger partial charge in [0.2, 0.25) is 0 Å². The van der Waals surface area contributed by atoms with Crippen molar-refractivity contribution in [3.05, 3.63) is 24.0 Å². The van der Waals surface area contributed by atoms with Gasteiger partial charge in [-0.25, -0.2) is 4.98 Å². The SMILES string of the molecule is CC.CC(C)C.c1cn2ccsc2n1. The third-order valence-corrected chi connectivity index (χ3v) is 1.81. The average molecular weight is 212 g/mol. The van der Waals surface area contributed by atoms with E-state index in [-0.39, 0.29) is 0 Å². The summed E-state index contributed by atoms with van der Waals surface area (Å²) in [7, 11) is 0. The minimum atomic E-state index is 0.833. The highest BCUT2D eigenvalue weighted by atomic mass is 32.1. The molecular formula is C11H20N2S. The number of hydrogen-bond donors (Lipinski definition) is 0. The van der Waals surface area contributed by atoms with Crippen LogP contribution in [0.1, 0.15) is 34.6 Å². The molecule has 0 aliphatic carbocycles. The lowest BCUT2D eigenvalue weighted by Crippen LogP contribution is -1.66. The molecule has 80 valence electrons. The second-order valence-corrected chi connectivity index (χ2v) is 4.13. The van der Waals surface area contributed by atoms with Crippen molar-refractivity contribution < 1.29 is 0 Å².